The van der Waals surface area contributed by atoms with Crippen LogP contribution in [-0.2, 0) is 4.74 Å². The van der Waals surface area contributed by atoms with E-state index >= 15 is 0 Å². The fourth-order valence-corrected chi connectivity index (χ4v) is 2.65. The number of carbonyl (C=O) groups is 1. The maximum absolute atomic E-state index is 12.5. The average Bonchev–Trinajstić information content (AvgIpc) is 2.46. The predicted molar refractivity (Wildman–Crippen MR) is 75.3 cm³/mol. The molecule has 1 unspecified atom stereocenters. The van der Waals surface area contributed by atoms with Crippen molar-refractivity contribution in [2.24, 2.45) is 5.92 Å². The smallest absolute Gasteiger partial charge is 0.282 e. The summed E-state index contributed by atoms with van der Waals surface area (Å²) in [5.41, 5.74) is -0.357. The van der Waals surface area contributed by atoms with Crippen molar-refractivity contribution in [1.82, 2.24) is 4.90 Å². The fourth-order valence-electron chi connectivity index (χ4n) is 2.65. The summed E-state index contributed by atoms with van der Waals surface area (Å²) in [4.78, 5) is 24.5. The highest BCUT2D eigenvalue weighted by Crippen LogP contribution is 2.26. The van der Waals surface area contributed by atoms with Crippen LogP contribution in [0.15, 0.2) is 18.2 Å². The molecule has 0 radical (unpaired) electrons. The van der Waals surface area contributed by atoms with Crippen LogP contribution >= 0.6 is 0 Å². The van der Waals surface area contributed by atoms with E-state index in [0.29, 0.717) is 19.7 Å². The number of nitro groups is 1. The lowest BCUT2D eigenvalue weighted by Crippen LogP contribution is -2.41. The molecule has 1 aromatic carbocycles. The predicted octanol–water partition coefficient (Wildman–Crippen LogP) is 1.80. The molecular formula is C14H18N2O5. The Balaban J connectivity index is 2.23. The highest BCUT2D eigenvalue weighted by Gasteiger charge is 2.29. The minimum atomic E-state index is -0.608. The van der Waals surface area contributed by atoms with E-state index in [1.165, 1.54) is 6.07 Å². The Morgan fingerprint density at radius 2 is 2.33 bits per heavy atom. The Labute approximate surface area is 122 Å². The van der Waals surface area contributed by atoms with Gasteiger partial charge in [-0.2, -0.15) is 0 Å². The summed E-state index contributed by atoms with van der Waals surface area (Å²) in [6, 6.07) is 3.51. The number of phenolic OH excluding ortho intramolecular Hbond substituents is 1. The number of amides is 1. The first-order valence-corrected chi connectivity index (χ1v) is 6.78. The molecule has 1 atom stereocenters. The summed E-state index contributed by atoms with van der Waals surface area (Å²) < 4.78 is 5.11. The maximum Gasteiger partial charge on any atom is 0.282 e. The van der Waals surface area contributed by atoms with Crippen molar-refractivity contribution in [3.63, 3.8) is 0 Å². The number of hydrogen-bond acceptors (Lipinski definition) is 5. The summed E-state index contributed by atoms with van der Waals surface area (Å²) in [7, 11) is 1.61. The van der Waals surface area contributed by atoms with Crippen LogP contribution in [0.4, 0.5) is 5.69 Å². The molecule has 1 saturated heterocycles. The molecular weight excluding hydrogens is 276 g/mol. The summed E-state index contributed by atoms with van der Waals surface area (Å²) in [6.07, 6.45) is 1.81. The first kappa shape index (κ1) is 15.2. The van der Waals surface area contributed by atoms with Crippen molar-refractivity contribution < 1.29 is 19.6 Å². The second kappa shape index (κ2) is 6.53. The molecule has 0 aliphatic carbocycles. The third-order valence-corrected chi connectivity index (χ3v) is 3.62. The van der Waals surface area contributed by atoms with E-state index in [-0.39, 0.29) is 22.9 Å². The lowest BCUT2D eigenvalue weighted by atomic mass is 9.98. The Hall–Kier alpha value is -2.15. The zero-order valence-electron chi connectivity index (χ0n) is 11.8. The van der Waals surface area contributed by atoms with E-state index < -0.39 is 10.8 Å². The van der Waals surface area contributed by atoms with Gasteiger partial charge < -0.3 is 14.7 Å². The van der Waals surface area contributed by atoms with E-state index in [2.05, 4.69) is 0 Å². The highest BCUT2D eigenvalue weighted by molar-refractivity contribution is 5.98. The lowest BCUT2D eigenvalue weighted by molar-refractivity contribution is -0.385. The first-order valence-electron chi connectivity index (χ1n) is 6.78. The zero-order valence-corrected chi connectivity index (χ0v) is 11.8. The molecule has 1 aliphatic heterocycles. The first-order chi connectivity index (χ1) is 10.0. The van der Waals surface area contributed by atoms with Gasteiger partial charge in [-0.1, -0.05) is 0 Å². The quantitative estimate of drug-likeness (QED) is 0.675. The Bertz CT molecular complexity index is 544. The van der Waals surface area contributed by atoms with E-state index in [4.69, 9.17) is 4.74 Å². The van der Waals surface area contributed by atoms with Crippen molar-refractivity contribution in [2.75, 3.05) is 26.8 Å². The van der Waals surface area contributed by atoms with Crippen molar-refractivity contribution in [2.45, 2.75) is 12.8 Å². The molecule has 0 saturated carbocycles. The van der Waals surface area contributed by atoms with Crippen LogP contribution < -0.4 is 0 Å². The van der Waals surface area contributed by atoms with Crippen LogP contribution in [0.2, 0.25) is 0 Å². The van der Waals surface area contributed by atoms with Crippen LogP contribution in [0.1, 0.15) is 23.2 Å². The summed E-state index contributed by atoms with van der Waals surface area (Å²) in [5.74, 6) is -0.336. The van der Waals surface area contributed by atoms with Crippen LogP contribution in [0, 0.1) is 16.0 Å². The van der Waals surface area contributed by atoms with Gasteiger partial charge in [-0.15, -0.1) is 0 Å². The van der Waals surface area contributed by atoms with Crippen LogP contribution in [-0.4, -0.2) is 47.6 Å². The van der Waals surface area contributed by atoms with Gasteiger partial charge in [0.2, 0.25) is 0 Å². The number of hydrogen-bond donors (Lipinski definition) is 1. The van der Waals surface area contributed by atoms with E-state index in [9.17, 15) is 20.0 Å². The average molecular weight is 294 g/mol. The Kier molecular flexibility index (Phi) is 4.74. The fraction of sp³-hybridized carbons (Fsp3) is 0.500. The topological polar surface area (TPSA) is 92.9 Å². The van der Waals surface area contributed by atoms with Crippen molar-refractivity contribution in [3.05, 3.63) is 33.9 Å². The molecule has 0 aromatic heterocycles. The van der Waals surface area contributed by atoms with Gasteiger partial charge in [0.1, 0.15) is 11.3 Å². The summed E-state index contributed by atoms with van der Waals surface area (Å²) in [5, 5.41) is 20.5. The van der Waals surface area contributed by atoms with Gasteiger partial charge >= 0.3 is 0 Å². The third kappa shape index (κ3) is 3.49. The third-order valence-electron chi connectivity index (χ3n) is 3.62. The summed E-state index contributed by atoms with van der Waals surface area (Å²) >= 11 is 0. The number of likely N-dealkylation sites (tertiary alicyclic amines) is 1. The number of nitro benzene ring substituents is 1. The molecule has 7 nitrogen and oxygen atoms in total. The van der Waals surface area contributed by atoms with Gasteiger partial charge in [0.25, 0.3) is 11.6 Å². The van der Waals surface area contributed by atoms with Crippen molar-refractivity contribution in [1.29, 1.82) is 0 Å². The number of benzene rings is 1. The zero-order chi connectivity index (χ0) is 15.4. The molecule has 1 aliphatic rings. The number of phenols is 1. The maximum atomic E-state index is 12.5. The van der Waals surface area contributed by atoms with Crippen LogP contribution in [0.3, 0.4) is 0 Å². The van der Waals surface area contributed by atoms with Crippen LogP contribution in [0.5, 0.6) is 5.75 Å². The molecule has 21 heavy (non-hydrogen) atoms. The van der Waals surface area contributed by atoms with Crippen molar-refractivity contribution in [3.8, 4) is 5.75 Å². The van der Waals surface area contributed by atoms with Crippen molar-refractivity contribution >= 4 is 11.6 Å². The molecule has 7 heteroatoms. The van der Waals surface area contributed by atoms with Gasteiger partial charge in [-0.3, -0.25) is 14.9 Å². The lowest BCUT2D eigenvalue weighted by Gasteiger charge is -2.32. The standard InChI is InChI=1S/C14H18N2O5/c1-21-9-10-3-2-6-15(8-10)14(18)12-7-11(17)4-5-13(12)16(19)20/h4-5,7,10,17H,2-3,6,8-9H2,1H3. The molecule has 1 fully saturated rings. The number of aromatic hydroxyl groups is 1. The number of nitrogens with zero attached hydrogens (tertiary/aromatic N) is 2. The van der Waals surface area contributed by atoms with Gasteiger partial charge in [0.15, 0.2) is 0 Å². The number of ether oxygens (including phenoxy) is 1. The molecule has 1 amide bonds. The van der Waals surface area contributed by atoms with Gasteiger partial charge in [-0.25, -0.2) is 0 Å². The number of carbonyl (C=O) groups excluding carboxylic acids is 1. The highest BCUT2D eigenvalue weighted by atomic mass is 16.6. The SMILES string of the molecule is COCC1CCCN(C(=O)c2cc(O)ccc2[N+](=O)[O-])C1. The molecule has 114 valence electrons. The largest absolute Gasteiger partial charge is 0.508 e. The number of piperidine rings is 1. The normalized spacial score (nSPS) is 18.5. The van der Waals surface area contributed by atoms with E-state index in [0.717, 1.165) is 25.0 Å². The minimum absolute atomic E-state index is 0.0712. The Morgan fingerprint density at radius 1 is 1.57 bits per heavy atom. The second-order valence-electron chi connectivity index (χ2n) is 5.17. The number of rotatable bonds is 4. The Morgan fingerprint density at radius 3 is 3.00 bits per heavy atom. The molecule has 0 bridgehead atoms. The van der Waals surface area contributed by atoms with E-state index in [1.54, 1.807) is 12.0 Å². The van der Waals surface area contributed by atoms with Crippen LogP contribution in [0.25, 0.3) is 0 Å². The molecule has 1 aromatic rings. The number of methoxy groups -OCH3 is 1. The minimum Gasteiger partial charge on any atom is -0.508 e. The monoisotopic (exact) mass is 294 g/mol. The van der Waals surface area contributed by atoms with Gasteiger partial charge in [0.05, 0.1) is 11.5 Å². The van der Waals surface area contributed by atoms with E-state index in [1.807, 2.05) is 0 Å². The molecule has 1 N–H and O–H groups in total. The molecule has 2 rings (SSSR count). The second-order valence-corrected chi connectivity index (χ2v) is 5.17. The molecule has 0 spiro atoms. The van der Waals surface area contributed by atoms with Gasteiger partial charge in [0, 0.05) is 26.3 Å². The summed E-state index contributed by atoms with van der Waals surface area (Å²) in [6.45, 7) is 1.64. The molecule has 1 heterocycles. The van der Waals surface area contributed by atoms with Gasteiger partial charge in [-0.05, 0) is 30.9 Å².